The van der Waals surface area contributed by atoms with Gasteiger partial charge in [0.15, 0.2) is 0 Å². The molecule has 7 nitrogen and oxygen atoms in total. The Morgan fingerprint density at radius 3 is 1.28 bits per heavy atom. The lowest BCUT2D eigenvalue weighted by Crippen LogP contribution is -2.24. The molecule has 0 amide bonds. The van der Waals surface area contributed by atoms with Crippen LogP contribution in [0.4, 0.5) is 0 Å². The monoisotopic (exact) mass is 961 g/mol. The summed E-state index contributed by atoms with van der Waals surface area (Å²) in [4.78, 5) is 31.3. The van der Waals surface area contributed by atoms with Gasteiger partial charge in [-0.25, -0.2) is 4.31 Å². The molecule has 4 aromatic rings. The molecule has 0 radical (unpaired) electrons. The van der Waals surface area contributed by atoms with Crippen LogP contribution < -0.4 is 0 Å². The zero-order valence-corrected chi connectivity index (χ0v) is 46.5. The Hall–Kier alpha value is -2.86. The van der Waals surface area contributed by atoms with Crippen LogP contribution in [0.15, 0.2) is 54.6 Å². The van der Waals surface area contributed by atoms with Gasteiger partial charge in [0.05, 0.1) is 0 Å². The highest BCUT2D eigenvalue weighted by atomic mass is 31.2. The Balaban J connectivity index is 0.00000157. The van der Waals surface area contributed by atoms with Gasteiger partial charge in [-0.1, -0.05) is 211 Å². The number of phenolic OH excluding ortho intramolecular Hbond substituents is 2. The molecule has 4 aromatic carbocycles. The number of rotatable bonds is 18. The van der Waals surface area contributed by atoms with E-state index >= 15 is 0 Å². The van der Waals surface area contributed by atoms with Crippen molar-refractivity contribution < 1.29 is 34.1 Å². The molecule has 374 valence electrons. The van der Waals surface area contributed by atoms with E-state index in [1.807, 2.05) is 18.2 Å². The predicted molar refractivity (Wildman–Crippen MR) is 287 cm³/mol. The van der Waals surface area contributed by atoms with Gasteiger partial charge in [0.1, 0.15) is 11.5 Å². The average molecular weight is 961 g/mol. The summed E-state index contributed by atoms with van der Waals surface area (Å²) in [7, 11) is -5.22. The van der Waals surface area contributed by atoms with Gasteiger partial charge in [-0.2, -0.15) is 0 Å². The van der Waals surface area contributed by atoms with Crippen LogP contribution in [-0.4, -0.2) is 29.8 Å². The molecular weight excluding hydrogens is 871 g/mol. The number of hydrogen-bond donors (Lipinski definition) is 6. The molecule has 0 heterocycles. The van der Waals surface area contributed by atoms with Gasteiger partial charge in [0.25, 0.3) is 0 Å². The maximum atomic E-state index is 12.8. The van der Waals surface area contributed by atoms with E-state index in [2.05, 4.69) is 152 Å². The fourth-order valence-corrected chi connectivity index (χ4v) is 10.2. The number of para-hydroxylation sites is 1. The minimum Gasteiger partial charge on any atom is -0.508 e. The predicted octanol–water partition coefficient (Wildman–Crippen LogP) is 16.8. The fourth-order valence-electron chi connectivity index (χ4n) is 9.63. The molecule has 0 atom stereocenters. The molecule has 9 heteroatoms. The standard InChI is InChI=1S/C58H86O2.H4O5P2/c1-18-19-20-21-22-23-24-25-26-27-28-31-43-52(51-40(3)35-42(55(7,8)9)37-47(51)57(13,14)15)44(38-49(60)53(43)58(16,17)45-32-29-30-33-48(45)59)50-39(2)34-41(54(4,5)6)36-46(50)56(10,11)12;1-6(2)5-7(3)4/h29-30,32-38,59-60H,18-28,31H2,1-17H3;1-4H. The van der Waals surface area contributed by atoms with Crippen molar-refractivity contribution in [2.75, 3.05) is 0 Å². The SMILES string of the molecule is CCCCCCCCCCCCCc1c(-c2c(C)cc(C(C)(C)C)cc2C(C)(C)C)c(-c2c(C)cc(C(C)(C)C)cc2C(C)(C)C)cc(O)c1C(C)(C)c1ccccc1O.OP(O)OP(O)O. The maximum Gasteiger partial charge on any atom is 0.334 e. The third-order valence-corrected chi connectivity index (χ3v) is 14.5. The van der Waals surface area contributed by atoms with E-state index in [0.29, 0.717) is 5.75 Å². The van der Waals surface area contributed by atoms with E-state index in [4.69, 9.17) is 19.6 Å². The lowest BCUT2D eigenvalue weighted by molar-refractivity contribution is 0.324. The molecule has 0 bridgehead atoms. The third kappa shape index (κ3) is 16.1. The number of hydrogen-bond acceptors (Lipinski definition) is 7. The van der Waals surface area contributed by atoms with Crippen LogP contribution in [0.1, 0.15) is 225 Å². The van der Waals surface area contributed by atoms with Gasteiger partial charge in [-0.3, -0.25) is 0 Å². The largest absolute Gasteiger partial charge is 0.508 e. The summed E-state index contributed by atoms with van der Waals surface area (Å²) in [5, 5.41) is 24.3. The summed E-state index contributed by atoms with van der Waals surface area (Å²) in [6, 6.07) is 19.6. The Bertz CT molecular complexity index is 2210. The average Bonchev–Trinajstić information content (AvgIpc) is 3.17. The van der Waals surface area contributed by atoms with Gasteiger partial charge in [-0.05, 0) is 122 Å². The third-order valence-electron chi connectivity index (χ3n) is 13.3. The summed E-state index contributed by atoms with van der Waals surface area (Å²) in [6.07, 6.45) is 14.9. The zero-order chi connectivity index (χ0) is 50.9. The van der Waals surface area contributed by atoms with Crippen molar-refractivity contribution in [3.63, 3.8) is 0 Å². The molecule has 6 N–H and O–H groups in total. The Morgan fingerprint density at radius 1 is 0.463 bits per heavy atom. The van der Waals surface area contributed by atoms with Gasteiger partial charge in [-0.15, -0.1) is 0 Å². The molecule has 0 saturated carbocycles. The highest BCUT2D eigenvalue weighted by Gasteiger charge is 2.37. The van der Waals surface area contributed by atoms with Crippen LogP contribution >= 0.6 is 17.2 Å². The molecule has 0 saturated heterocycles. The molecule has 0 fully saturated rings. The normalized spacial score (nSPS) is 12.8. The van der Waals surface area contributed by atoms with Crippen molar-refractivity contribution in [3.8, 4) is 33.8 Å². The lowest BCUT2D eigenvalue weighted by Gasteiger charge is -2.36. The van der Waals surface area contributed by atoms with Crippen molar-refractivity contribution in [1.82, 2.24) is 0 Å². The van der Waals surface area contributed by atoms with Crippen LogP contribution in [0.2, 0.25) is 0 Å². The summed E-state index contributed by atoms with van der Waals surface area (Å²) in [5.41, 5.74) is 14.7. The van der Waals surface area contributed by atoms with Crippen molar-refractivity contribution in [1.29, 1.82) is 0 Å². The van der Waals surface area contributed by atoms with E-state index < -0.39 is 22.6 Å². The second kappa shape index (κ2) is 24.3. The summed E-state index contributed by atoms with van der Waals surface area (Å²) < 4.78 is 3.60. The smallest absolute Gasteiger partial charge is 0.334 e. The number of aryl methyl sites for hydroxylation is 2. The molecule has 0 aliphatic carbocycles. The molecule has 0 aliphatic rings. The Morgan fingerprint density at radius 2 is 0.881 bits per heavy atom. The number of aromatic hydroxyl groups is 2. The summed E-state index contributed by atoms with van der Waals surface area (Å²) in [5.74, 6) is 0.568. The van der Waals surface area contributed by atoms with Gasteiger partial charge in [0, 0.05) is 16.5 Å². The van der Waals surface area contributed by atoms with Crippen LogP contribution in [0, 0.1) is 13.8 Å². The second-order valence-corrected chi connectivity index (χ2v) is 25.3. The van der Waals surface area contributed by atoms with Gasteiger partial charge < -0.3 is 29.8 Å². The summed E-state index contributed by atoms with van der Waals surface area (Å²) >= 11 is 0. The molecule has 0 aliphatic heterocycles. The van der Waals surface area contributed by atoms with E-state index in [0.717, 1.165) is 36.0 Å². The first-order valence-electron chi connectivity index (χ1n) is 24.9. The molecule has 0 spiro atoms. The number of unbranched alkanes of at least 4 members (excludes halogenated alkanes) is 10. The molecular formula is C58H90O7P2. The van der Waals surface area contributed by atoms with Crippen LogP contribution in [0.25, 0.3) is 22.3 Å². The fraction of sp³-hybridized carbons (Fsp3) is 0.586. The summed E-state index contributed by atoms with van der Waals surface area (Å²) in [6.45, 7) is 39.2. The minimum absolute atomic E-state index is 0.0151. The first-order valence-corrected chi connectivity index (χ1v) is 27.2. The number of phenols is 2. The van der Waals surface area contributed by atoms with E-state index in [1.165, 1.54) is 113 Å². The van der Waals surface area contributed by atoms with Gasteiger partial charge >= 0.3 is 17.2 Å². The van der Waals surface area contributed by atoms with Crippen molar-refractivity contribution in [3.05, 3.63) is 105 Å². The van der Waals surface area contributed by atoms with Crippen molar-refractivity contribution >= 4 is 17.2 Å². The van der Waals surface area contributed by atoms with Crippen molar-refractivity contribution in [2.24, 2.45) is 0 Å². The Kier molecular flexibility index (Phi) is 21.2. The molecule has 67 heavy (non-hydrogen) atoms. The van der Waals surface area contributed by atoms with E-state index in [1.54, 1.807) is 6.07 Å². The molecule has 4 rings (SSSR count). The Labute approximate surface area is 409 Å². The van der Waals surface area contributed by atoms with Crippen molar-refractivity contribution in [2.45, 2.75) is 222 Å². The van der Waals surface area contributed by atoms with Crippen LogP contribution in [0.3, 0.4) is 0 Å². The highest BCUT2D eigenvalue weighted by Crippen LogP contribution is 2.54. The molecule has 0 aromatic heterocycles. The van der Waals surface area contributed by atoms with E-state index in [-0.39, 0.29) is 27.4 Å². The quantitative estimate of drug-likeness (QED) is 0.0433. The topological polar surface area (TPSA) is 131 Å². The van der Waals surface area contributed by atoms with E-state index in [9.17, 15) is 10.2 Å². The first kappa shape index (κ1) is 58.5. The molecule has 0 unspecified atom stereocenters. The lowest BCUT2D eigenvalue weighted by atomic mass is 9.68. The van der Waals surface area contributed by atoms with Crippen LogP contribution in [-0.2, 0) is 37.8 Å². The zero-order valence-electron chi connectivity index (χ0n) is 44.7. The minimum atomic E-state index is -2.61. The maximum absolute atomic E-state index is 12.8. The first-order chi connectivity index (χ1) is 30.8. The second-order valence-electron chi connectivity index (χ2n) is 23.6. The van der Waals surface area contributed by atoms with Gasteiger partial charge in [0.2, 0.25) is 0 Å². The highest BCUT2D eigenvalue weighted by molar-refractivity contribution is 7.53. The number of benzene rings is 4. The van der Waals surface area contributed by atoms with Crippen LogP contribution in [0.5, 0.6) is 11.5 Å².